The molecule has 30 heavy (non-hydrogen) atoms. The smallest absolute Gasteiger partial charge is 0.261 e. The molecule has 1 fully saturated rings. The summed E-state index contributed by atoms with van der Waals surface area (Å²) < 4.78 is 89.2. The molecule has 1 nitrogen and oxygen atoms in total. The zero-order valence-corrected chi connectivity index (χ0v) is 16.3. The summed E-state index contributed by atoms with van der Waals surface area (Å²) in [6.45, 7) is 1.85. The molecule has 2 aromatic rings. The third kappa shape index (κ3) is 5.83. The van der Waals surface area contributed by atoms with Gasteiger partial charge in [0.25, 0.3) is 0 Å². The molecule has 3 rings (SSSR count). The fourth-order valence-corrected chi connectivity index (χ4v) is 3.49. The SMILES string of the molecule is CCCc1ccc(F)c(F)c1F.O=C(F)C1CCC(c2cc(F)c(F)c(F)c2)CC1. The second-order valence-corrected chi connectivity index (χ2v) is 7.24. The maximum atomic E-state index is 13.1. The van der Waals surface area contributed by atoms with Gasteiger partial charge in [-0.2, -0.15) is 4.39 Å². The molecule has 8 heteroatoms. The fourth-order valence-electron chi connectivity index (χ4n) is 3.49. The van der Waals surface area contributed by atoms with E-state index < -0.39 is 46.9 Å². The first kappa shape index (κ1) is 23.9. The standard InChI is InChI=1S/C13H12F4O.C9H9F3/c14-10-5-9(6-11(15)12(10)16)7-1-3-8(4-2-7)13(17)18;1-2-3-6-4-5-7(10)9(12)8(6)11/h5-8H,1-4H2;4-5H,2-3H2,1H3. The highest BCUT2D eigenvalue weighted by Crippen LogP contribution is 2.37. The Morgan fingerprint density at radius 2 is 1.40 bits per heavy atom. The van der Waals surface area contributed by atoms with E-state index in [1.807, 2.05) is 6.92 Å². The van der Waals surface area contributed by atoms with Crippen molar-refractivity contribution < 1.29 is 35.5 Å². The molecule has 0 N–H and O–H groups in total. The van der Waals surface area contributed by atoms with Crippen LogP contribution >= 0.6 is 0 Å². The number of benzene rings is 2. The van der Waals surface area contributed by atoms with Crippen LogP contribution in [0.25, 0.3) is 0 Å². The molecule has 1 aliphatic rings. The first-order chi connectivity index (χ1) is 14.1. The predicted octanol–water partition coefficient (Wildman–Crippen LogP) is 6.93. The highest BCUT2D eigenvalue weighted by molar-refractivity contribution is 5.71. The van der Waals surface area contributed by atoms with Gasteiger partial charge >= 0.3 is 6.04 Å². The minimum absolute atomic E-state index is 0.148. The van der Waals surface area contributed by atoms with Gasteiger partial charge in [0.2, 0.25) is 0 Å². The van der Waals surface area contributed by atoms with Gasteiger partial charge in [-0.15, -0.1) is 0 Å². The highest BCUT2D eigenvalue weighted by atomic mass is 19.2. The molecule has 164 valence electrons. The molecule has 0 radical (unpaired) electrons. The summed E-state index contributed by atoms with van der Waals surface area (Å²) in [6.07, 6.45) is 2.82. The molecule has 0 bridgehead atoms. The Morgan fingerprint density at radius 3 is 1.90 bits per heavy atom. The summed E-state index contributed by atoms with van der Waals surface area (Å²) in [5.74, 6) is -8.22. The van der Waals surface area contributed by atoms with Crippen LogP contribution in [0.3, 0.4) is 0 Å². The minimum atomic E-state index is -1.48. The van der Waals surface area contributed by atoms with Gasteiger partial charge in [-0.25, -0.2) is 26.3 Å². The van der Waals surface area contributed by atoms with Crippen LogP contribution in [0.2, 0.25) is 0 Å². The number of aryl methyl sites for hydroxylation is 1. The Labute approximate surface area is 169 Å². The van der Waals surface area contributed by atoms with Gasteiger partial charge in [-0.05, 0) is 67.3 Å². The number of halogens is 7. The second-order valence-electron chi connectivity index (χ2n) is 7.24. The van der Waals surface area contributed by atoms with E-state index in [1.54, 1.807) is 0 Å². The number of carbonyl (C=O) groups is 1. The van der Waals surface area contributed by atoms with E-state index in [1.165, 1.54) is 6.07 Å². The molecule has 0 spiro atoms. The van der Waals surface area contributed by atoms with Crippen molar-refractivity contribution in [3.63, 3.8) is 0 Å². The molecule has 0 aliphatic heterocycles. The van der Waals surface area contributed by atoms with Crippen LogP contribution in [-0.4, -0.2) is 6.04 Å². The summed E-state index contributed by atoms with van der Waals surface area (Å²) in [7, 11) is 0. The van der Waals surface area contributed by atoms with Crippen molar-refractivity contribution in [3.8, 4) is 0 Å². The Bertz CT molecular complexity index is 866. The monoisotopic (exact) mass is 434 g/mol. The lowest BCUT2D eigenvalue weighted by atomic mass is 9.79. The Morgan fingerprint density at radius 1 is 0.833 bits per heavy atom. The van der Waals surface area contributed by atoms with Gasteiger partial charge in [0.15, 0.2) is 34.9 Å². The minimum Gasteiger partial charge on any atom is -0.261 e. The van der Waals surface area contributed by atoms with Gasteiger partial charge in [-0.1, -0.05) is 19.4 Å². The topological polar surface area (TPSA) is 17.1 Å². The van der Waals surface area contributed by atoms with Crippen LogP contribution in [0.4, 0.5) is 30.7 Å². The van der Waals surface area contributed by atoms with Crippen LogP contribution in [0.5, 0.6) is 0 Å². The van der Waals surface area contributed by atoms with E-state index in [4.69, 9.17) is 0 Å². The second kappa shape index (κ2) is 10.6. The normalized spacial score (nSPS) is 18.5. The highest BCUT2D eigenvalue weighted by Gasteiger charge is 2.28. The number of hydrogen-bond donors (Lipinski definition) is 0. The Balaban J connectivity index is 0.000000232. The maximum absolute atomic E-state index is 13.1. The van der Waals surface area contributed by atoms with Crippen molar-refractivity contribution in [2.24, 2.45) is 5.92 Å². The van der Waals surface area contributed by atoms with E-state index in [0.29, 0.717) is 44.1 Å². The molecular weight excluding hydrogens is 413 g/mol. The van der Waals surface area contributed by atoms with E-state index in [0.717, 1.165) is 18.2 Å². The van der Waals surface area contributed by atoms with Gasteiger partial charge in [0.1, 0.15) is 0 Å². The summed E-state index contributed by atoms with van der Waals surface area (Å²) >= 11 is 0. The first-order valence-electron chi connectivity index (χ1n) is 9.61. The Hall–Kier alpha value is -2.38. The molecule has 0 amide bonds. The van der Waals surface area contributed by atoms with Gasteiger partial charge in [0, 0.05) is 5.92 Å². The van der Waals surface area contributed by atoms with Crippen molar-refractivity contribution in [1.29, 1.82) is 0 Å². The summed E-state index contributed by atoms with van der Waals surface area (Å²) in [5.41, 5.74) is 0.604. The van der Waals surface area contributed by atoms with Crippen LogP contribution < -0.4 is 0 Å². The van der Waals surface area contributed by atoms with E-state index in [9.17, 15) is 35.5 Å². The number of carbonyl (C=O) groups excluding carboxylic acids is 1. The zero-order chi connectivity index (χ0) is 22.4. The summed E-state index contributed by atoms with van der Waals surface area (Å²) in [5, 5.41) is 0. The maximum Gasteiger partial charge on any atom is 0.304 e. The van der Waals surface area contributed by atoms with Crippen LogP contribution in [0.1, 0.15) is 56.1 Å². The number of rotatable bonds is 4. The quantitative estimate of drug-likeness (QED) is 0.290. The molecule has 1 saturated carbocycles. The molecule has 0 atom stereocenters. The molecule has 0 saturated heterocycles. The lowest BCUT2D eigenvalue weighted by Crippen LogP contribution is -2.18. The number of hydrogen-bond acceptors (Lipinski definition) is 1. The van der Waals surface area contributed by atoms with Gasteiger partial charge < -0.3 is 0 Å². The van der Waals surface area contributed by atoms with E-state index in [2.05, 4.69) is 0 Å². The predicted molar refractivity (Wildman–Crippen MR) is 97.4 cm³/mol. The molecule has 0 unspecified atom stereocenters. The lowest BCUT2D eigenvalue weighted by Gasteiger charge is -2.26. The van der Waals surface area contributed by atoms with Crippen molar-refractivity contribution in [3.05, 3.63) is 70.3 Å². The van der Waals surface area contributed by atoms with Crippen LogP contribution in [-0.2, 0) is 11.2 Å². The molecule has 0 aromatic heterocycles. The fraction of sp³-hybridized carbons (Fsp3) is 0.409. The van der Waals surface area contributed by atoms with E-state index in [-0.39, 0.29) is 11.5 Å². The van der Waals surface area contributed by atoms with Crippen molar-refractivity contribution >= 4 is 6.04 Å². The van der Waals surface area contributed by atoms with E-state index >= 15 is 0 Å². The third-order valence-electron chi connectivity index (χ3n) is 5.16. The molecule has 0 heterocycles. The van der Waals surface area contributed by atoms with Crippen molar-refractivity contribution in [2.75, 3.05) is 0 Å². The van der Waals surface area contributed by atoms with Gasteiger partial charge in [0.05, 0.1) is 0 Å². The third-order valence-corrected chi connectivity index (χ3v) is 5.16. The van der Waals surface area contributed by atoms with Crippen LogP contribution in [0, 0.1) is 40.8 Å². The average molecular weight is 434 g/mol. The summed E-state index contributed by atoms with van der Waals surface area (Å²) in [4.78, 5) is 10.6. The van der Waals surface area contributed by atoms with Crippen molar-refractivity contribution in [2.45, 2.75) is 51.4 Å². The molecular formula is C22H21F7O. The Kier molecular flexibility index (Phi) is 8.43. The summed E-state index contributed by atoms with van der Waals surface area (Å²) in [6, 6.07) is 2.84. The average Bonchev–Trinajstić information content (AvgIpc) is 2.72. The first-order valence-corrected chi connectivity index (χ1v) is 9.61. The largest absolute Gasteiger partial charge is 0.304 e. The van der Waals surface area contributed by atoms with Crippen molar-refractivity contribution in [1.82, 2.24) is 0 Å². The molecule has 1 aliphatic carbocycles. The van der Waals surface area contributed by atoms with Crippen LogP contribution in [0.15, 0.2) is 24.3 Å². The van der Waals surface area contributed by atoms with Gasteiger partial charge in [-0.3, -0.25) is 4.79 Å². The molecule has 2 aromatic carbocycles. The zero-order valence-electron chi connectivity index (χ0n) is 16.3. The lowest BCUT2D eigenvalue weighted by molar-refractivity contribution is -0.134.